The molecule has 0 N–H and O–H groups in total. The number of benzene rings is 1. The van der Waals surface area contributed by atoms with Crippen molar-refractivity contribution in [3.05, 3.63) is 47.2 Å². The average molecular weight is 328 g/mol. The molecule has 2 nitrogen and oxygen atoms in total. The minimum Gasteiger partial charge on any atom is -0.206 e. The van der Waals surface area contributed by atoms with Crippen molar-refractivity contribution in [2.45, 2.75) is 51.9 Å². The van der Waals surface area contributed by atoms with E-state index in [1.165, 1.54) is 18.2 Å². The molecule has 0 spiro atoms. The van der Waals surface area contributed by atoms with Gasteiger partial charge in [-0.1, -0.05) is 33.8 Å². The molecule has 2 bridgehead atoms. The first-order valence-corrected chi connectivity index (χ1v) is 8.63. The third-order valence-electron chi connectivity index (χ3n) is 6.67. The summed E-state index contributed by atoms with van der Waals surface area (Å²) < 4.78 is 28.2. The van der Waals surface area contributed by atoms with Gasteiger partial charge in [-0.15, -0.1) is 0 Å². The lowest BCUT2D eigenvalue weighted by Crippen LogP contribution is -2.40. The van der Waals surface area contributed by atoms with Crippen LogP contribution in [0.1, 0.15) is 57.7 Å². The van der Waals surface area contributed by atoms with Crippen LogP contribution in [0.4, 0.5) is 8.78 Å². The van der Waals surface area contributed by atoms with Crippen LogP contribution < -0.4 is 0 Å². The van der Waals surface area contributed by atoms with Crippen molar-refractivity contribution in [1.29, 1.82) is 0 Å². The fourth-order valence-corrected chi connectivity index (χ4v) is 5.52. The summed E-state index contributed by atoms with van der Waals surface area (Å²) in [6, 6.07) is 5.77. The summed E-state index contributed by atoms with van der Waals surface area (Å²) >= 11 is 0. The molecular formula is C20H22F2N2. The van der Waals surface area contributed by atoms with Gasteiger partial charge < -0.3 is 0 Å². The van der Waals surface area contributed by atoms with Gasteiger partial charge in [0.15, 0.2) is 0 Å². The molecule has 4 rings (SSSR count). The summed E-state index contributed by atoms with van der Waals surface area (Å²) in [4.78, 5) is 0. The van der Waals surface area contributed by atoms with E-state index in [9.17, 15) is 8.78 Å². The van der Waals surface area contributed by atoms with Gasteiger partial charge in [0.1, 0.15) is 11.6 Å². The fraction of sp³-hybridized carbons (Fsp3) is 0.500. The molecule has 0 unspecified atom stereocenters. The Morgan fingerprint density at radius 2 is 1.79 bits per heavy atom. The Kier molecular flexibility index (Phi) is 3.16. The van der Waals surface area contributed by atoms with Crippen LogP contribution in [0.15, 0.2) is 24.3 Å². The lowest BCUT2D eigenvalue weighted by atomic mass is 9.62. The molecule has 0 aliphatic heterocycles. The van der Waals surface area contributed by atoms with Crippen LogP contribution in [0.2, 0.25) is 0 Å². The van der Waals surface area contributed by atoms with Crippen LogP contribution >= 0.6 is 0 Å². The Morgan fingerprint density at radius 1 is 1.12 bits per heavy atom. The van der Waals surface area contributed by atoms with E-state index in [0.29, 0.717) is 17.5 Å². The van der Waals surface area contributed by atoms with Crippen LogP contribution in [0.3, 0.4) is 0 Å². The molecule has 4 heteroatoms. The number of fused-ring (bicyclic) bond motifs is 5. The minimum absolute atomic E-state index is 0.00626. The zero-order chi connectivity index (χ0) is 17.3. The summed E-state index contributed by atoms with van der Waals surface area (Å²) in [6.07, 6.45) is 2.21. The van der Waals surface area contributed by atoms with E-state index < -0.39 is 11.6 Å². The molecule has 2 aliphatic rings. The molecule has 2 aromatic rings. The first-order chi connectivity index (χ1) is 11.3. The predicted molar refractivity (Wildman–Crippen MR) is 89.7 cm³/mol. The molecule has 1 aromatic heterocycles. The maximum absolute atomic E-state index is 14.1. The predicted octanol–water partition coefficient (Wildman–Crippen LogP) is 5.23. The Balaban J connectivity index is 1.93. The number of aromatic nitrogens is 2. The van der Waals surface area contributed by atoms with E-state index in [1.54, 1.807) is 0 Å². The SMILES string of the molecule is CC(C)[C@@]12CC[C@@H](c3cc(-c4c(F)cccc4F)nnc31)C2(C)C. The Morgan fingerprint density at radius 3 is 2.42 bits per heavy atom. The Bertz CT molecular complexity index is 808. The topological polar surface area (TPSA) is 25.8 Å². The van der Waals surface area contributed by atoms with E-state index in [4.69, 9.17) is 0 Å². The zero-order valence-corrected chi connectivity index (χ0v) is 14.5. The number of hydrogen-bond donors (Lipinski definition) is 0. The standard InChI is InChI=1S/C20H22F2N2/c1-11(2)20-9-8-13(19(20,3)4)12-10-16(23-24-18(12)20)17-14(21)6-5-7-15(17)22/h5-7,10-11,13H,8-9H2,1-4H3/t13-,20-/m0/s1. The van der Waals surface area contributed by atoms with Crippen molar-refractivity contribution in [3.63, 3.8) is 0 Å². The Labute approximate surface area is 141 Å². The Hall–Kier alpha value is -1.84. The van der Waals surface area contributed by atoms with Gasteiger partial charge in [0, 0.05) is 5.41 Å². The zero-order valence-electron chi connectivity index (χ0n) is 14.5. The summed E-state index contributed by atoms with van der Waals surface area (Å²) in [5.41, 5.74) is 2.49. The van der Waals surface area contributed by atoms with Crippen molar-refractivity contribution in [1.82, 2.24) is 10.2 Å². The number of rotatable bonds is 2. The van der Waals surface area contributed by atoms with Gasteiger partial charge in [-0.05, 0) is 53.9 Å². The molecule has 1 fully saturated rings. The van der Waals surface area contributed by atoms with Crippen molar-refractivity contribution >= 4 is 0 Å². The summed E-state index contributed by atoms with van der Waals surface area (Å²) in [7, 11) is 0. The molecule has 1 heterocycles. The lowest BCUT2D eigenvalue weighted by molar-refractivity contribution is 0.146. The first-order valence-electron chi connectivity index (χ1n) is 8.63. The van der Waals surface area contributed by atoms with Gasteiger partial charge in [-0.2, -0.15) is 10.2 Å². The van der Waals surface area contributed by atoms with E-state index in [2.05, 4.69) is 37.9 Å². The second kappa shape index (κ2) is 4.84. The number of hydrogen-bond acceptors (Lipinski definition) is 2. The lowest BCUT2D eigenvalue weighted by Gasteiger charge is -2.41. The van der Waals surface area contributed by atoms with Gasteiger partial charge >= 0.3 is 0 Å². The highest BCUT2D eigenvalue weighted by molar-refractivity contribution is 5.63. The van der Waals surface area contributed by atoms with Crippen LogP contribution in [0, 0.1) is 23.0 Å². The quantitative estimate of drug-likeness (QED) is 0.754. The third-order valence-corrected chi connectivity index (χ3v) is 6.67. The van der Waals surface area contributed by atoms with Crippen molar-refractivity contribution in [2.75, 3.05) is 0 Å². The maximum Gasteiger partial charge on any atom is 0.135 e. The maximum atomic E-state index is 14.1. The monoisotopic (exact) mass is 328 g/mol. The van der Waals surface area contributed by atoms with Gasteiger partial charge in [0.05, 0.1) is 17.0 Å². The summed E-state index contributed by atoms with van der Waals surface area (Å²) in [5.74, 6) is -0.362. The molecule has 0 amide bonds. The molecule has 24 heavy (non-hydrogen) atoms. The highest BCUT2D eigenvalue weighted by Gasteiger charge is 2.64. The minimum atomic E-state index is -0.592. The molecule has 1 saturated carbocycles. The van der Waals surface area contributed by atoms with Gasteiger partial charge in [0.25, 0.3) is 0 Å². The second-order valence-electron chi connectivity index (χ2n) is 8.07. The van der Waals surface area contributed by atoms with Crippen molar-refractivity contribution in [3.8, 4) is 11.3 Å². The molecular weight excluding hydrogens is 306 g/mol. The fourth-order valence-electron chi connectivity index (χ4n) is 5.52. The van der Waals surface area contributed by atoms with E-state index >= 15 is 0 Å². The molecule has 126 valence electrons. The van der Waals surface area contributed by atoms with Gasteiger partial charge in [-0.3, -0.25) is 0 Å². The van der Waals surface area contributed by atoms with Gasteiger partial charge in [-0.25, -0.2) is 8.78 Å². The van der Waals surface area contributed by atoms with E-state index in [-0.39, 0.29) is 16.4 Å². The van der Waals surface area contributed by atoms with E-state index in [1.807, 2.05) is 6.07 Å². The normalized spacial score (nSPS) is 26.9. The number of halogens is 2. The van der Waals surface area contributed by atoms with E-state index in [0.717, 1.165) is 24.1 Å². The summed E-state index contributed by atoms with van der Waals surface area (Å²) in [5, 5.41) is 8.73. The average Bonchev–Trinajstić information content (AvgIpc) is 2.89. The largest absolute Gasteiger partial charge is 0.206 e. The van der Waals surface area contributed by atoms with Crippen LogP contribution in [-0.2, 0) is 5.41 Å². The third kappa shape index (κ3) is 1.69. The second-order valence-corrected chi connectivity index (χ2v) is 8.07. The van der Waals surface area contributed by atoms with Crippen LogP contribution in [-0.4, -0.2) is 10.2 Å². The van der Waals surface area contributed by atoms with Crippen LogP contribution in [0.5, 0.6) is 0 Å². The smallest absolute Gasteiger partial charge is 0.135 e. The molecule has 2 atom stereocenters. The molecule has 0 radical (unpaired) electrons. The number of nitrogens with zero attached hydrogens (tertiary/aromatic N) is 2. The van der Waals surface area contributed by atoms with Crippen molar-refractivity contribution in [2.24, 2.45) is 11.3 Å². The molecule has 2 aliphatic carbocycles. The highest BCUT2D eigenvalue weighted by atomic mass is 19.1. The van der Waals surface area contributed by atoms with Crippen molar-refractivity contribution < 1.29 is 8.78 Å². The molecule has 0 saturated heterocycles. The molecule has 1 aromatic carbocycles. The summed E-state index contributed by atoms with van der Waals surface area (Å²) in [6.45, 7) is 9.09. The highest BCUT2D eigenvalue weighted by Crippen LogP contribution is 2.69. The van der Waals surface area contributed by atoms with Crippen LogP contribution in [0.25, 0.3) is 11.3 Å². The van der Waals surface area contributed by atoms with Gasteiger partial charge in [0.2, 0.25) is 0 Å². The first kappa shape index (κ1) is 15.7.